The number of benzene rings is 1. The highest BCUT2D eigenvalue weighted by molar-refractivity contribution is 6.37. The molecule has 1 aromatic carbocycles. The Balaban J connectivity index is 3.15. The molecule has 0 aromatic heterocycles. The Morgan fingerprint density at radius 1 is 1.32 bits per heavy atom. The molecule has 0 amide bonds. The number of halogens is 3. The number of Topliss-reactive ketones (excluding diaryl/α,β-unsaturated/α-hetero) is 1. The van der Waals surface area contributed by atoms with Crippen molar-refractivity contribution < 1.29 is 18.7 Å². The third-order valence-corrected chi connectivity index (χ3v) is 3.82. The van der Waals surface area contributed by atoms with E-state index in [1.54, 1.807) is 6.92 Å². The van der Waals surface area contributed by atoms with E-state index in [2.05, 4.69) is 4.99 Å². The van der Waals surface area contributed by atoms with E-state index in [-0.39, 0.29) is 28.3 Å². The molecule has 138 valence electrons. The molecule has 0 spiro atoms. The van der Waals surface area contributed by atoms with Crippen LogP contribution in [0.4, 0.5) is 4.39 Å². The van der Waals surface area contributed by atoms with Gasteiger partial charge in [-0.2, -0.15) is 0 Å². The van der Waals surface area contributed by atoms with E-state index < -0.39 is 23.5 Å². The van der Waals surface area contributed by atoms with E-state index >= 15 is 0 Å². The number of esters is 1. The summed E-state index contributed by atoms with van der Waals surface area (Å²) >= 11 is 11.6. The van der Waals surface area contributed by atoms with Crippen molar-refractivity contribution in [1.29, 1.82) is 0 Å². The predicted octanol–water partition coefficient (Wildman–Crippen LogP) is 3.52. The highest BCUT2D eigenvalue weighted by atomic mass is 35.5. The summed E-state index contributed by atoms with van der Waals surface area (Å²) in [4.78, 5) is 31.0. The molecule has 0 aliphatic rings. The second-order valence-electron chi connectivity index (χ2n) is 5.75. The van der Waals surface area contributed by atoms with Gasteiger partial charge in [0.15, 0.2) is 11.7 Å². The number of hydrogen-bond acceptors (Lipinski definition) is 5. The van der Waals surface area contributed by atoms with Crippen molar-refractivity contribution in [1.82, 2.24) is 4.90 Å². The lowest BCUT2D eigenvalue weighted by Crippen LogP contribution is -2.29. The molecular formula is C17H21Cl2FN2O3. The largest absolute Gasteiger partial charge is 0.465 e. The number of ether oxygens (including phenoxy) is 1. The zero-order chi connectivity index (χ0) is 19.1. The molecule has 8 heteroatoms. The van der Waals surface area contributed by atoms with Crippen molar-refractivity contribution >= 4 is 41.2 Å². The summed E-state index contributed by atoms with van der Waals surface area (Å²) in [5.41, 5.74) is -0.145. The number of carbonyl (C=O) groups excluding carboxylic acids is 2. The first-order valence-corrected chi connectivity index (χ1v) is 8.46. The summed E-state index contributed by atoms with van der Waals surface area (Å²) < 4.78 is 18.6. The van der Waals surface area contributed by atoms with Gasteiger partial charge in [0.1, 0.15) is 5.82 Å². The number of carbonyl (C=O) groups is 2. The van der Waals surface area contributed by atoms with Crippen LogP contribution in [0.1, 0.15) is 24.2 Å². The van der Waals surface area contributed by atoms with E-state index in [0.717, 1.165) is 12.1 Å². The van der Waals surface area contributed by atoms with E-state index in [1.165, 1.54) is 6.21 Å². The highest BCUT2D eigenvalue weighted by Crippen LogP contribution is 2.26. The van der Waals surface area contributed by atoms with Crippen LogP contribution in [0.15, 0.2) is 17.1 Å². The Hall–Kier alpha value is -1.50. The summed E-state index contributed by atoms with van der Waals surface area (Å²) in [5, 5.41) is -0.247. The van der Waals surface area contributed by atoms with Crippen LogP contribution in [0.2, 0.25) is 10.0 Å². The lowest BCUT2D eigenvalue weighted by atomic mass is 9.98. The molecule has 0 fully saturated rings. The molecule has 0 saturated heterocycles. The van der Waals surface area contributed by atoms with Gasteiger partial charge in [-0.05, 0) is 40.1 Å². The molecule has 0 N–H and O–H groups in total. The van der Waals surface area contributed by atoms with Crippen molar-refractivity contribution in [2.75, 3.05) is 27.2 Å². The average molecular weight is 391 g/mol. The lowest BCUT2D eigenvalue weighted by Gasteiger charge is -2.15. The maximum absolute atomic E-state index is 13.7. The number of ketones is 1. The van der Waals surface area contributed by atoms with Crippen molar-refractivity contribution in [3.05, 3.63) is 33.6 Å². The molecule has 1 rings (SSSR count). The fourth-order valence-corrected chi connectivity index (χ4v) is 2.63. The maximum atomic E-state index is 13.7. The SMILES string of the molecule is CCOC(=O)C(C=NC(C)CN(C)C)C(=O)c1cc(F)c(Cl)cc1Cl. The number of hydrogen-bond donors (Lipinski definition) is 0. The van der Waals surface area contributed by atoms with Gasteiger partial charge >= 0.3 is 5.97 Å². The Morgan fingerprint density at radius 3 is 2.52 bits per heavy atom. The average Bonchev–Trinajstić information content (AvgIpc) is 2.50. The molecule has 1 aromatic rings. The summed E-state index contributed by atoms with van der Waals surface area (Å²) in [6.07, 6.45) is 1.23. The van der Waals surface area contributed by atoms with Gasteiger partial charge in [0, 0.05) is 18.3 Å². The first-order valence-electron chi connectivity index (χ1n) is 7.70. The second-order valence-corrected chi connectivity index (χ2v) is 6.56. The minimum atomic E-state index is -1.30. The minimum absolute atomic E-state index is 0.0413. The molecule has 0 radical (unpaired) electrons. The molecule has 0 saturated carbocycles. The van der Waals surface area contributed by atoms with Crippen LogP contribution in [0.3, 0.4) is 0 Å². The molecule has 0 bridgehead atoms. The van der Waals surface area contributed by atoms with E-state index in [0.29, 0.717) is 6.54 Å². The summed E-state index contributed by atoms with van der Waals surface area (Å²) in [5.74, 6) is -3.56. The number of rotatable bonds is 8. The van der Waals surface area contributed by atoms with Crippen LogP contribution in [-0.4, -0.2) is 56.2 Å². The van der Waals surface area contributed by atoms with Gasteiger partial charge in [0.25, 0.3) is 0 Å². The topological polar surface area (TPSA) is 59.0 Å². The zero-order valence-corrected chi connectivity index (χ0v) is 16.1. The molecular weight excluding hydrogens is 370 g/mol. The smallest absolute Gasteiger partial charge is 0.322 e. The van der Waals surface area contributed by atoms with Crippen LogP contribution < -0.4 is 0 Å². The van der Waals surface area contributed by atoms with Gasteiger partial charge in [-0.1, -0.05) is 23.2 Å². The lowest BCUT2D eigenvalue weighted by molar-refractivity contribution is -0.143. The molecule has 2 unspecified atom stereocenters. The van der Waals surface area contributed by atoms with Crippen LogP contribution in [0.5, 0.6) is 0 Å². The van der Waals surface area contributed by atoms with E-state index in [4.69, 9.17) is 27.9 Å². The Labute approximate surface area is 156 Å². The molecule has 0 heterocycles. The van der Waals surface area contributed by atoms with Gasteiger partial charge in [-0.15, -0.1) is 0 Å². The molecule has 25 heavy (non-hydrogen) atoms. The van der Waals surface area contributed by atoms with Gasteiger partial charge in [0.2, 0.25) is 0 Å². The van der Waals surface area contributed by atoms with Crippen LogP contribution in [0, 0.1) is 11.7 Å². The summed E-state index contributed by atoms with van der Waals surface area (Å²) in [6.45, 7) is 4.21. The molecule has 0 aliphatic heterocycles. The summed E-state index contributed by atoms with van der Waals surface area (Å²) in [6, 6.07) is 1.90. The fraction of sp³-hybridized carbons (Fsp3) is 0.471. The standard InChI is InChI=1S/C17H21Cl2FN2O3/c1-5-25-17(24)12(8-21-10(2)9-22(3)4)16(23)11-6-15(20)14(19)7-13(11)18/h6-8,10,12H,5,9H2,1-4H3. The molecule has 5 nitrogen and oxygen atoms in total. The van der Waals surface area contributed by atoms with Gasteiger partial charge in [-0.3, -0.25) is 14.6 Å². The van der Waals surface area contributed by atoms with Gasteiger partial charge in [-0.25, -0.2) is 4.39 Å². The third kappa shape index (κ3) is 6.38. The van der Waals surface area contributed by atoms with Crippen molar-refractivity contribution in [3.8, 4) is 0 Å². The van der Waals surface area contributed by atoms with Crippen LogP contribution in [0.25, 0.3) is 0 Å². The molecule has 0 aliphatic carbocycles. The van der Waals surface area contributed by atoms with Crippen molar-refractivity contribution in [2.24, 2.45) is 10.9 Å². The minimum Gasteiger partial charge on any atom is -0.465 e. The van der Waals surface area contributed by atoms with Crippen molar-refractivity contribution in [2.45, 2.75) is 19.9 Å². The normalized spacial score (nSPS) is 13.9. The summed E-state index contributed by atoms with van der Waals surface area (Å²) in [7, 11) is 3.77. The van der Waals surface area contributed by atoms with Gasteiger partial charge in [0.05, 0.1) is 22.7 Å². The number of aliphatic imine (C=N–C) groups is 1. The maximum Gasteiger partial charge on any atom is 0.322 e. The zero-order valence-electron chi connectivity index (χ0n) is 14.6. The number of nitrogens with zero attached hydrogens (tertiary/aromatic N) is 2. The predicted molar refractivity (Wildman–Crippen MR) is 97.4 cm³/mol. The van der Waals surface area contributed by atoms with E-state index in [1.807, 2.05) is 25.9 Å². The Kier molecular flexibility index (Phi) is 8.48. The second kappa shape index (κ2) is 9.85. The Bertz CT molecular complexity index is 666. The Morgan fingerprint density at radius 2 is 1.96 bits per heavy atom. The first-order chi connectivity index (χ1) is 11.7. The highest BCUT2D eigenvalue weighted by Gasteiger charge is 2.29. The number of likely N-dealkylation sites (N-methyl/N-ethyl adjacent to an activating group) is 1. The molecule has 2 atom stereocenters. The third-order valence-electron chi connectivity index (χ3n) is 3.22. The monoisotopic (exact) mass is 390 g/mol. The van der Waals surface area contributed by atoms with E-state index in [9.17, 15) is 14.0 Å². The first kappa shape index (κ1) is 21.5. The van der Waals surface area contributed by atoms with Crippen LogP contribution >= 0.6 is 23.2 Å². The van der Waals surface area contributed by atoms with Gasteiger partial charge < -0.3 is 9.64 Å². The van der Waals surface area contributed by atoms with Crippen molar-refractivity contribution in [3.63, 3.8) is 0 Å². The quantitative estimate of drug-likeness (QED) is 0.224. The van der Waals surface area contributed by atoms with Crippen LogP contribution in [-0.2, 0) is 9.53 Å². The fourth-order valence-electron chi connectivity index (χ4n) is 2.16.